The number of hydrogen-bond donors (Lipinski definition) is 1. The Morgan fingerprint density at radius 1 is 1.37 bits per heavy atom. The molecule has 0 aliphatic carbocycles. The summed E-state index contributed by atoms with van der Waals surface area (Å²) in [6.07, 6.45) is 0. The van der Waals surface area contributed by atoms with E-state index in [1.54, 1.807) is 25.2 Å². The van der Waals surface area contributed by atoms with Crippen molar-refractivity contribution in [1.82, 2.24) is 14.7 Å². The molecule has 3 rings (SSSR count). The Hall–Kier alpha value is -3.28. The van der Waals surface area contributed by atoms with Gasteiger partial charge in [0.1, 0.15) is 17.9 Å². The van der Waals surface area contributed by atoms with Crippen LogP contribution in [0.25, 0.3) is 0 Å². The minimum absolute atomic E-state index is 0.0741. The van der Waals surface area contributed by atoms with Crippen molar-refractivity contribution in [2.75, 3.05) is 45.2 Å². The molecule has 0 aromatic heterocycles. The number of nitrogens with zero attached hydrogens (tertiary/aromatic N) is 4. The van der Waals surface area contributed by atoms with E-state index in [0.29, 0.717) is 36.7 Å². The number of urea groups is 1. The summed E-state index contributed by atoms with van der Waals surface area (Å²) in [6, 6.07) is 5.85. The van der Waals surface area contributed by atoms with E-state index in [4.69, 9.17) is 4.74 Å². The van der Waals surface area contributed by atoms with E-state index in [1.807, 2.05) is 13.0 Å². The smallest absolute Gasteiger partial charge is 0.321 e. The van der Waals surface area contributed by atoms with E-state index in [1.165, 1.54) is 14.7 Å². The number of ether oxygens (including phenoxy) is 1. The lowest BCUT2D eigenvalue weighted by Gasteiger charge is -2.45. The van der Waals surface area contributed by atoms with E-state index >= 15 is 0 Å². The van der Waals surface area contributed by atoms with Gasteiger partial charge in [0.25, 0.3) is 0 Å². The molecule has 1 aromatic rings. The molecular weight excluding hydrogens is 350 g/mol. The predicted molar refractivity (Wildman–Crippen MR) is 96.1 cm³/mol. The first-order valence-corrected chi connectivity index (χ1v) is 8.72. The van der Waals surface area contributed by atoms with Gasteiger partial charge in [0.15, 0.2) is 0 Å². The van der Waals surface area contributed by atoms with Gasteiger partial charge in [0, 0.05) is 25.8 Å². The average Bonchev–Trinajstić information content (AvgIpc) is 2.67. The minimum Gasteiger partial charge on any atom is -0.492 e. The van der Waals surface area contributed by atoms with E-state index in [0.717, 1.165) is 0 Å². The number of benzene rings is 1. The highest BCUT2D eigenvalue weighted by atomic mass is 16.5. The van der Waals surface area contributed by atoms with Crippen molar-refractivity contribution in [2.45, 2.75) is 13.0 Å². The number of carbonyl (C=O) groups is 3. The van der Waals surface area contributed by atoms with Gasteiger partial charge >= 0.3 is 6.03 Å². The van der Waals surface area contributed by atoms with Gasteiger partial charge in [-0.1, -0.05) is 0 Å². The normalized spacial score (nSPS) is 19.4. The number of rotatable bonds is 3. The van der Waals surface area contributed by atoms with Crippen LogP contribution in [0.15, 0.2) is 18.2 Å². The van der Waals surface area contributed by atoms with Crippen LogP contribution in [-0.4, -0.2) is 78.4 Å². The number of nitrogens with one attached hydrogen (secondary N) is 1. The molecule has 2 aliphatic rings. The summed E-state index contributed by atoms with van der Waals surface area (Å²) in [5.74, 6) is 0.188. The maximum Gasteiger partial charge on any atom is 0.321 e. The number of hydrogen-bond acceptors (Lipinski definition) is 5. The largest absolute Gasteiger partial charge is 0.492 e. The Labute approximate surface area is 157 Å². The molecule has 1 aromatic carbocycles. The summed E-state index contributed by atoms with van der Waals surface area (Å²) < 4.78 is 5.37. The fourth-order valence-electron chi connectivity index (χ4n) is 3.28. The summed E-state index contributed by atoms with van der Waals surface area (Å²) in [6.45, 7) is 3.14. The Balaban J connectivity index is 1.69. The van der Waals surface area contributed by atoms with E-state index in [-0.39, 0.29) is 30.9 Å². The summed E-state index contributed by atoms with van der Waals surface area (Å²) in [5, 5.41) is 12.0. The van der Waals surface area contributed by atoms with Crippen LogP contribution in [-0.2, 0) is 9.59 Å². The molecule has 27 heavy (non-hydrogen) atoms. The Morgan fingerprint density at radius 2 is 2.15 bits per heavy atom. The first-order valence-electron chi connectivity index (χ1n) is 8.72. The SMILES string of the molecule is CCOc1ccc(NC(=O)N2CCN3C(=O)CN(C)C(=O)C3C2)cc1C#N. The van der Waals surface area contributed by atoms with Gasteiger partial charge in [-0.15, -0.1) is 0 Å². The highest BCUT2D eigenvalue weighted by Crippen LogP contribution is 2.23. The van der Waals surface area contributed by atoms with E-state index < -0.39 is 6.04 Å². The average molecular weight is 371 g/mol. The molecule has 0 bridgehead atoms. The lowest BCUT2D eigenvalue weighted by atomic mass is 10.1. The first-order chi connectivity index (χ1) is 12.9. The zero-order valence-electron chi connectivity index (χ0n) is 15.3. The third-order valence-electron chi connectivity index (χ3n) is 4.67. The topological polar surface area (TPSA) is 106 Å². The van der Waals surface area contributed by atoms with Crippen LogP contribution in [0, 0.1) is 11.3 Å². The van der Waals surface area contributed by atoms with Crippen LogP contribution in [0.5, 0.6) is 5.75 Å². The fourth-order valence-corrected chi connectivity index (χ4v) is 3.28. The Kier molecular flexibility index (Phi) is 5.16. The standard InChI is InChI=1S/C18H21N5O4/c1-3-27-15-5-4-13(8-12(15)9-19)20-18(26)22-6-7-23-14(10-22)17(25)21(2)11-16(23)24/h4-5,8,14H,3,6-7,10-11H2,1-2H3,(H,20,26). The molecule has 142 valence electrons. The third-order valence-corrected chi connectivity index (χ3v) is 4.67. The highest BCUT2D eigenvalue weighted by molar-refractivity contribution is 5.96. The fraction of sp³-hybridized carbons (Fsp3) is 0.444. The molecule has 0 spiro atoms. The van der Waals surface area contributed by atoms with Gasteiger partial charge in [0.05, 0.1) is 25.3 Å². The number of anilines is 1. The molecule has 1 N–H and O–H groups in total. The number of fused-ring (bicyclic) bond motifs is 1. The van der Waals surface area contributed by atoms with Crippen molar-refractivity contribution in [1.29, 1.82) is 5.26 Å². The molecule has 1 unspecified atom stereocenters. The summed E-state index contributed by atoms with van der Waals surface area (Å²) in [5.41, 5.74) is 0.791. The second-order valence-corrected chi connectivity index (χ2v) is 6.43. The molecule has 2 aliphatic heterocycles. The molecule has 4 amide bonds. The van der Waals surface area contributed by atoms with Gasteiger partial charge in [-0.3, -0.25) is 9.59 Å². The second kappa shape index (κ2) is 7.53. The van der Waals surface area contributed by atoms with Crippen LogP contribution in [0.1, 0.15) is 12.5 Å². The second-order valence-electron chi connectivity index (χ2n) is 6.43. The van der Waals surface area contributed by atoms with Crippen molar-refractivity contribution in [3.63, 3.8) is 0 Å². The zero-order valence-corrected chi connectivity index (χ0v) is 15.3. The Bertz CT molecular complexity index is 818. The number of amides is 4. The molecule has 0 saturated carbocycles. The van der Waals surface area contributed by atoms with E-state index in [2.05, 4.69) is 5.32 Å². The summed E-state index contributed by atoms with van der Waals surface area (Å²) >= 11 is 0. The molecular formula is C18H21N5O4. The van der Waals surface area contributed by atoms with Gasteiger partial charge in [-0.05, 0) is 25.1 Å². The minimum atomic E-state index is -0.647. The molecule has 2 saturated heterocycles. The van der Waals surface area contributed by atoms with Crippen molar-refractivity contribution >= 4 is 23.5 Å². The van der Waals surface area contributed by atoms with Crippen molar-refractivity contribution in [3.05, 3.63) is 23.8 Å². The lowest BCUT2D eigenvalue weighted by Crippen LogP contribution is -2.67. The number of piperazine rings is 2. The predicted octanol–water partition coefficient (Wildman–Crippen LogP) is 0.474. The zero-order chi connectivity index (χ0) is 19.6. The van der Waals surface area contributed by atoms with E-state index in [9.17, 15) is 19.6 Å². The molecule has 0 radical (unpaired) electrons. The monoisotopic (exact) mass is 371 g/mol. The van der Waals surface area contributed by atoms with Crippen LogP contribution in [0.4, 0.5) is 10.5 Å². The molecule has 9 nitrogen and oxygen atoms in total. The summed E-state index contributed by atoms with van der Waals surface area (Å²) in [7, 11) is 1.58. The maximum atomic E-state index is 12.6. The lowest BCUT2D eigenvalue weighted by molar-refractivity contribution is -0.157. The number of likely N-dealkylation sites (N-methyl/N-ethyl adjacent to an activating group) is 1. The third kappa shape index (κ3) is 3.65. The Morgan fingerprint density at radius 3 is 2.85 bits per heavy atom. The van der Waals surface area contributed by atoms with Crippen molar-refractivity contribution in [3.8, 4) is 11.8 Å². The van der Waals surface area contributed by atoms with Gasteiger partial charge in [-0.2, -0.15) is 5.26 Å². The van der Waals surface area contributed by atoms with Crippen molar-refractivity contribution in [2.24, 2.45) is 0 Å². The highest BCUT2D eigenvalue weighted by Gasteiger charge is 2.42. The van der Waals surface area contributed by atoms with Crippen LogP contribution < -0.4 is 10.1 Å². The number of carbonyl (C=O) groups excluding carboxylic acids is 3. The first kappa shape index (κ1) is 18.5. The van der Waals surface area contributed by atoms with Gasteiger partial charge in [0.2, 0.25) is 11.8 Å². The van der Waals surface area contributed by atoms with Gasteiger partial charge < -0.3 is 24.8 Å². The van der Waals surface area contributed by atoms with Crippen LogP contribution in [0.2, 0.25) is 0 Å². The van der Waals surface area contributed by atoms with Crippen LogP contribution >= 0.6 is 0 Å². The summed E-state index contributed by atoms with van der Waals surface area (Å²) in [4.78, 5) is 41.4. The molecule has 2 fully saturated rings. The number of nitriles is 1. The molecule has 1 atom stereocenters. The van der Waals surface area contributed by atoms with Gasteiger partial charge in [-0.25, -0.2) is 4.79 Å². The maximum absolute atomic E-state index is 12.6. The molecule has 9 heteroatoms. The molecule has 2 heterocycles. The van der Waals surface area contributed by atoms with Crippen LogP contribution in [0.3, 0.4) is 0 Å². The van der Waals surface area contributed by atoms with Crippen molar-refractivity contribution < 1.29 is 19.1 Å². The quantitative estimate of drug-likeness (QED) is 0.832.